The zero-order valence-electron chi connectivity index (χ0n) is 12.6. The average molecular weight is 276 g/mol. The Labute approximate surface area is 120 Å². The summed E-state index contributed by atoms with van der Waals surface area (Å²) in [6.45, 7) is 6.07. The van der Waals surface area contributed by atoms with Crippen LogP contribution in [0.2, 0.25) is 0 Å². The topological polar surface area (TPSA) is 55.2 Å². The number of nitro benzene ring substituents is 1. The molecule has 2 rings (SSSR count). The maximum atomic E-state index is 10.9. The molecule has 0 heterocycles. The zero-order chi connectivity index (χ0) is 14.7. The molecule has 1 aliphatic carbocycles. The van der Waals surface area contributed by atoms with Gasteiger partial charge in [0.25, 0.3) is 5.69 Å². The summed E-state index contributed by atoms with van der Waals surface area (Å²) in [5, 5.41) is 14.5. The molecule has 1 N–H and O–H groups in total. The van der Waals surface area contributed by atoms with E-state index in [1.807, 2.05) is 13.0 Å². The third-order valence-corrected chi connectivity index (χ3v) is 4.36. The van der Waals surface area contributed by atoms with E-state index >= 15 is 0 Å². The van der Waals surface area contributed by atoms with Crippen LogP contribution in [0.25, 0.3) is 0 Å². The van der Waals surface area contributed by atoms with E-state index < -0.39 is 0 Å². The van der Waals surface area contributed by atoms with Gasteiger partial charge in [-0.05, 0) is 50.7 Å². The normalized spacial score (nSPS) is 23.1. The molecular formula is C16H24N2O2. The van der Waals surface area contributed by atoms with Crippen LogP contribution >= 0.6 is 0 Å². The Morgan fingerprint density at radius 2 is 1.90 bits per heavy atom. The summed E-state index contributed by atoms with van der Waals surface area (Å²) >= 11 is 0. The van der Waals surface area contributed by atoms with Gasteiger partial charge in [0.15, 0.2) is 0 Å². The summed E-state index contributed by atoms with van der Waals surface area (Å²) in [4.78, 5) is 10.6. The standard InChI is InChI=1S/C16H24N2O2/c1-11-5-4-6-14(8-7-11)17-15-9-13(3)16(18(19)20)10-12(15)2/h9-11,14,17H,4-8H2,1-3H3. The van der Waals surface area contributed by atoms with E-state index in [1.165, 1.54) is 32.1 Å². The highest BCUT2D eigenvalue weighted by atomic mass is 16.6. The minimum atomic E-state index is -0.306. The fourth-order valence-corrected chi connectivity index (χ4v) is 3.00. The molecule has 0 bridgehead atoms. The van der Waals surface area contributed by atoms with Crippen molar-refractivity contribution in [3.05, 3.63) is 33.4 Å². The molecule has 0 spiro atoms. The van der Waals surface area contributed by atoms with Crippen LogP contribution in [0, 0.1) is 29.9 Å². The first-order valence-corrected chi connectivity index (χ1v) is 7.49. The zero-order valence-corrected chi connectivity index (χ0v) is 12.6. The Bertz CT molecular complexity index is 499. The Hall–Kier alpha value is -1.58. The maximum Gasteiger partial charge on any atom is 0.272 e. The van der Waals surface area contributed by atoms with Gasteiger partial charge in [0.2, 0.25) is 0 Å². The van der Waals surface area contributed by atoms with Gasteiger partial charge in [-0.15, -0.1) is 0 Å². The summed E-state index contributed by atoms with van der Waals surface area (Å²) in [5.41, 5.74) is 2.94. The highest BCUT2D eigenvalue weighted by molar-refractivity contribution is 5.59. The predicted octanol–water partition coefficient (Wildman–Crippen LogP) is 4.59. The molecular weight excluding hydrogens is 252 g/mol. The molecule has 0 radical (unpaired) electrons. The fraction of sp³-hybridized carbons (Fsp3) is 0.625. The number of rotatable bonds is 3. The Kier molecular flexibility index (Phi) is 4.63. The fourth-order valence-electron chi connectivity index (χ4n) is 3.00. The van der Waals surface area contributed by atoms with E-state index in [-0.39, 0.29) is 10.6 Å². The van der Waals surface area contributed by atoms with E-state index in [0.29, 0.717) is 6.04 Å². The number of nitrogens with one attached hydrogen (secondary N) is 1. The van der Waals surface area contributed by atoms with Gasteiger partial charge in [-0.25, -0.2) is 0 Å². The van der Waals surface area contributed by atoms with Crippen LogP contribution in [0.3, 0.4) is 0 Å². The van der Waals surface area contributed by atoms with Crippen molar-refractivity contribution in [2.45, 2.75) is 58.9 Å². The van der Waals surface area contributed by atoms with Gasteiger partial charge in [0, 0.05) is 23.4 Å². The van der Waals surface area contributed by atoms with Gasteiger partial charge in [-0.1, -0.05) is 19.8 Å². The number of nitrogens with zero attached hydrogens (tertiary/aromatic N) is 1. The molecule has 0 aliphatic heterocycles. The van der Waals surface area contributed by atoms with Gasteiger partial charge in [0.1, 0.15) is 0 Å². The van der Waals surface area contributed by atoms with Crippen molar-refractivity contribution in [2.75, 3.05) is 5.32 Å². The van der Waals surface area contributed by atoms with Crippen LogP contribution in [0.1, 0.15) is 50.2 Å². The lowest BCUT2D eigenvalue weighted by Gasteiger charge is -2.20. The molecule has 2 atom stereocenters. The van der Waals surface area contributed by atoms with E-state index in [0.717, 1.165) is 22.7 Å². The van der Waals surface area contributed by atoms with E-state index in [1.54, 1.807) is 13.0 Å². The Morgan fingerprint density at radius 1 is 1.15 bits per heavy atom. The quantitative estimate of drug-likeness (QED) is 0.499. The Balaban J connectivity index is 2.13. The first-order chi connectivity index (χ1) is 9.47. The second kappa shape index (κ2) is 6.25. The van der Waals surface area contributed by atoms with Crippen molar-refractivity contribution < 1.29 is 4.92 Å². The summed E-state index contributed by atoms with van der Waals surface area (Å²) in [6.07, 6.45) is 6.24. The molecule has 20 heavy (non-hydrogen) atoms. The lowest BCUT2D eigenvalue weighted by atomic mass is 10.0. The van der Waals surface area contributed by atoms with Crippen molar-refractivity contribution in [2.24, 2.45) is 5.92 Å². The first kappa shape index (κ1) is 14.8. The maximum absolute atomic E-state index is 10.9. The molecule has 0 aromatic heterocycles. The van der Waals surface area contributed by atoms with Gasteiger partial charge >= 0.3 is 0 Å². The minimum absolute atomic E-state index is 0.211. The van der Waals surface area contributed by atoms with Gasteiger partial charge < -0.3 is 5.32 Å². The summed E-state index contributed by atoms with van der Waals surface area (Å²) in [7, 11) is 0. The molecule has 1 saturated carbocycles. The van der Waals surface area contributed by atoms with E-state index in [4.69, 9.17) is 0 Å². The number of benzene rings is 1. The number of anilines is 1. The monoisotopic (exact) mass is 276 g/mol. The summed E-state index contributed by atoms with van der Waals surface area (Å²) in [5.74, 6) is 0.821. The van der Waals surface area contributed by atoms with Crippen LogP contribution in [-0.2, 0) is 0 Å². The van der Waals surface area contributed by atoms with Crippen molar-refractivity contribution in [1.82, 2.24) is 0 Å². The first-order valence-electron chi connectivity index (χ1n) is 7.49. The smallest absolute Gasteiger partial charge is 0.272 e. The van der Waals surface area contributed by atoms with Gasteiger partial charge in [0.05, 0.1) is 4.92 Å². The second-order valence-electron chi connectivity index (χ2n) is 6.17. The lowest BCUT2D eigenvalue weighted by molar-refractivity contribution is -0.385. The number of nitro groups is 1. The van der Waals surface area contributed by atoms with Crippen LogP contribution < -0.4 is 5.32 Å². The van der Waals surface area contributed by atoms with Crippen molar-refractivity contribution >= 4 is 11.4 Å². The van der Waals surface area contributed by atoms with E-state index in [2.05, 4.69) is 12.2 Å². The molecule has 4 heteroatoms. The summed E-state index contributed by atoms with van der Waals surface area (Å²) in [6, 6.07) is 4.10. The van der Waals surface area contributed by atoms with Crippen LogP contribution in [0.5, 0.6) is 0 Å². The van der Waals surface area contributed by atoms with Crippen molar-refractivity contribution in [3.8, 4) is 0 Å². The third-order valence-electron chi connectivity index (χ3n) is 4.36. The molecule has 0 amide bonds. The molecule has 1 aromatic carbocycles. The van der Waals surface area contributed by atoms with Crippen LogP contribution in [0.4, 0.5) is 11.4 Å². The molecule has 2 unspecified atom stereocenters. The largest absolute Gasteiger partial charge is 0.382 e. The highest BCUT2D eigenvalue weighted by Crippen LogP contribution is 2.29. The second-order valence-corrected chi connectivity index (χ2v) is 6.17. The lowest BCUT2D eigenvalue weighted by Crippen LogP contribution is -2.19. The molecule has 4 nitrogen and oxygen atoms in total. The number of aryl methyl sites for hydroxylation is 2. The van der Waals surface area contributed by atoms with Gasteiger partial charge in [-0.3, -0.25) is 10.1 Å². The molecule has 1 aromatic rings. The number of hydrogen-bond donors (Lipinski definition) is 1. The molecule has 1 aliphatic rings. The average Bonchev–Trinajstić information content (AvgIpc) is 2.58. The Morgan fingerprint density at radius 3 is 2.60 bits per heavy atom. The predicted molar refractivity (Wildman–Crippen MR) is 82.2 cm³/mol. The van der Waals surface area contributed by atoms with E-state index in [9.17, 15) is 10.1 Å². The highest BCUT2D eigenvalue weighted by Gasteiger charge is 2.18. The van der Waals surface area contributed by atoms with Gasteiger partial charge in [-0.2, -0.15) is 0 Å². The van der Waals surface area contributed by atoms with Crippen molar-refractivity contribution in [3.63, 3.8) is 0 Å². The SMILES string of the molecule is Cc1cc([N+](=O)[O-])c(C)cc1NC1CCCC(C)CC1. The number of hydrogen-bond acceptors (Lipinski definition) is 3. The molecule has 0 saturated heterocycles. The molecule has 1 fully saturated rings. The minimum Gasteiger partial charge on any atom is -0.382 e. The van der Waals surface area contributed by atoms with Crippen LogP contribution in [-0.4, -0.2) is 11.0 Å². The third kappa shape index (κ3) is 3.50. The van der Waals surface area contributed by atoms with Crippen molar-refractivity contribution in [1.29, 1.82) is 0 Å². The molecule has 110 valence electrons. The van der Waals surface area contributed by atoms with Crippen LogP contribution in [0.15, 0.2) is 12.1 Å². The summed E-state index contributed by atoms with van der Waals surface area (Å²) < 4.78 is 0.